The number of ketones is 1. The van der Waals surface area contributed by atoms with Crippen molar-refractivity contribution >= 4 is 40.9 Å². The number of carbonyl (C=O) groups is 5. The standard InChI is InChI=1S/C39H46N6O8/c1-44(2)39(50)52-28-23-32(35(47)41-30(18-11-12-22-40)34(46)36-42-29-17-9-10-19-33(29)53-36)45(24-28)37(48)31(21-20-26-13-5-3-6-14-26)43-38(49)51-25-27-15-7-4-8-16-27/h3-10,13-17,19,28,30-32H,11-12,18,20-25,40H2,1-2H3,(H,41,47)(H,43,49)/t28-,30+,31-,32+/m1/s1. The number of Topliss-reactive ketones (excluding diaryl/α,β-unsaturated/α-hetero) is 1. The van der Waals surface area contributed by atoms with Crippen LogP contribution in [-0.2, 0) is 32.1 Å². The van der Waals surface area contributed by atoms with Crippen LogP contribution in [0.2, 0.25) is 0 Å². The molecule has 1 fully saturated rings. The molecule has 4 amide bonds. The maximum atomic E-state index is 14.4. The van der Waals surface area contributed by atoms with Gasteiger partial charge < -0.3 is 40.1 Å². The number of unbranched alkanes of at least 4 members (excludes halogenated alkanes) is 1. The number of nitrogens with zero attached hydrogens (tertiary/aromatic N) is 3. The summed E-state index contributed by atoms with van der Waals surface area (Å²) in [6, 6.07) is 22.3. The summed E-state index contributed by atoms with van der Waals surface area (Å²) in [7, 11) is 3.05. The number of carbonyl (C=O) groups excluding carboxylic acids is 5. The fraction of sp³-hybridized carbons (Fsp3) is 0.385. The van der Waals surface area contributed by atoms with Crippen molar-refractivity contribution in [3.8, 4) is 0 Å². The van der Waals surface area contributed by atoms with Crippen LogP contribution in [0.3, 0.4) is 0 Å². The highest BCUT2D eigenvalue weighted by Crippen LogP contribution is 2.25. The zero-order valence-electron chi connectivity index (χ0n) is 29.9. The van der Waals surface area contributed by atoms with Crippen LogP contribution in [0.1, 0.15) is 53.9 Å². The summed E-state index contributed by atoms with van der Waals surface area (Å²) in [5.74, 6) is -1.87. The molecule has 4 atom stereocenters. The first-order chi connectivity index (χ1) is 25.6. The minimum atomic E-state index is -1.14. The van der Waals surface area contributed by atoms with Crippen molar-refractivity contribution in [2.24, 2.45) is 5.73 Å². The van der Waals surface area contributed by atoms with Crippen molar-refractivity contribution in [3.05, 3.63) is 102 Å². The maximum absolute atomic E-state index is 14.4. The average Bonchev–Trinajstić information content (AvgIpc) is 3.80. The molecular weight excluding hydrogens is 680 g/mol. The highest BCUT2D eigenvalue weighted by Gasteiger charge is 2.44. The van der Waals surface area contributed by atoms with Gasteiger partial charge in [-0.1, -0.05) is 72.8 Å². The molecule has 14 heteroatoms. The largest absolute Gasteiger partial charge is 0.445 e. The van der Waals surface area contributed by atoms with E-state index in [1.54, 1.807) is 24.3 Å². The first kappa shape index (κ1) is 38.5. The van der Waals surface area contributed by atoms with Crippen molar-refractivity contribution in [2.45, 2.75) is 69.4 Å². The molecule has 0 radical (unpaired) electrons. The summed E-state index contributed by atoms with van der Waals surface area (Å²) in [4.78, 5) is 74.9. The first-order valence-corrected chi connectivity index (χ1v) is 17.7. The van der Waals surface area contributed by atoms with Gasteiger partial charge in [0.25, 0.3) is 5.89 Å². The zero-order chi connectivity index (χ0) is 37.7. The molecule has 3 aromatic carbocycles. The summed E-state index contributed by atoms with van der Waals surface area (Å²) in [5, 5.41) is 5.54. The molecule has 0 aliphatic carbocycles. The fourth-order valence-electron chi connectivity index (χ4n) is 6.10. The van der Waals surface area contributed by atoms with Crippen molar-refractivity contribution in [1.29, 1.82) is 0 Å². The Labute approximate surface area is 308 Å². The van der Waals surface area contributed by atoms with Crippen LogP contribution in [0.5, 0.6) is 0 Å². The van der Waals surface area contributed by atoms with Gasteiger partial charge in [-0.05, 0) is 61.9 Å². The number of alkyl carbamates (subject to hydrolysis) is 1. The number of oxazole rings is 1. The Morgan fingerprint density at radius 3 is 2.25 bits per heavy atom. The van der Waals surface area contributed by atoms with Gasteiger partial charge in [-0.2, -0.15) is 0 Å². The van der Waals surface area contributed by atoms with Gasteiger partial charge in [0.05, 0.1) is 12.6 Å². The predicted molar refractivity (Wildman–Crippen MR) is 196 cm³/mol. The summed E-state index contributed by atoms with van der Waals surface area (Å²) in [6.45, 7) is 0.270. The van der Waals surface area contributed by atoms with Crippen LogP contribution in [0.15, 0.2) is 89.3 Å². The number of benzene rings is 3. The molecule has 0 spiro atoms. The van der Waals surface area contributed by atoms with Crippen LogP contribution >= 0.6 is 0 Å². The molecule has 0 saturated carbocycles. The second-order valence-corrected chi connectivity index (χ2v) is 13.1. The lowest BCUT2D eigenvalue weighted by Gasteiger charge is -2.29. The number of rotatable bonds is 16. The van der Waals surface area contributed by atoms with Crippen LogP contribution in [-0.4, -0.2) is 96.0 Å². The van der Waals surface area contributed by atoms with Gasteiger partial charge in [0.1, 0.15) is 30.3 Å². The van der Waals surface area contributed by atoms with Gasteiger partial charge >= 0.3 is 12.2 Å². The fourth-order valence-corrected chi connectivity index (χ4v) is 6.10. The van der Waals surface area contributed by atoms with Gasteiger partial charge in [-0.15, -0.1) is 0 Å². The minimum Gasteiger partial charge on any atom is -0.445 e. The van der Waals surface area contributed by atoms with Gasteiger partial charge in [0.2, 0.25) is 17.6 Å². The lowest BCUT2D eigenvalue weighted by atomic mass is 10.0. The van der Waals surface area contributed by atoms with Crippen LogP contribution in [0.25, 0.3) is 11.1 Å². The Morgan fingerprint density at radius 1 is 0.887 bits per heavy atom. The Kier molecular flexibility index (Phi) is 13.5. The Balaban J connectivity index is 1.38. The number of hydrogen-bond acceptors (Lipinski definition) is 10. The number of aromatic nitrogens is 1. The summed E-state index contributed by atoms with van der Waals surface area (Å²) in [5.41, 5.74) is 8.36. The predicted octanol–water partition coefficient (Wildman–Crippen LogP) is 4.22. The van der Waals surface area contributed by atoms with E-state index in [1.807, 2.05) is 60.7 Å². The molecule has 1 aliphatic rings. The normalized spacial score (nSPS) is 16.4. The van der Waals surface area contributed by atoms with Crippen LogP contribution in [0.4, 0.5) is 9.59 Å². The highest BCUT2D eigenvalue weighted by atomic mass is 16.6. The molecule has 1 aromatic heterocycles. The van der Waals surface area contributed by atoms with Crippen molar-refractivity contribution in [1.82, 2.24) is 25.4 Å². The Hall–Kier alpha value is -5.76. The lowest BCUT2D eigenvalue weighted by Crippen LogP contribution is -2.55. The average molecular weight is 727 g/mol. The van der Waals surface area contributed by atoms with Crippen LogP contribution < -0.4 is 16.4 Å². The smallest absolute Gasteiger partial charge is 0.409 e. The van der Waals surface area contributed by atoms with E-state index in [0.717, 1.165) is 11.1 Å². The van der Waals surface area contributed by atoms with E-state index >= 15 is 0 Å². The first-order valence-electron chi connectivity index (χ1n) is 17.7. The molecule has 1 aliphatic heterocycles. The highest BCUT2D eigenvalue weighted by molar-refractivity contribution is 6.01. The van der Waals surface area contributed by atoms with E-state index in [1.165, 1.54) is 23.9 Å². The van der Waals surface area contributed by atoms with E-state index < -0.39 is 54.0 Å². The molecule has 0 bridgehead atoms. The van der Waals surface area contributed by atoms with Gasteiger partial charge in [-0.25, -0.2) is 14.6 Å². The summed E-state index contributed by atoms with van der Waals surface area (Å²) < 4.78 is 16.8. The number of amides is 4. The SMILES string of the molecule is CN(C)C(=O)O[C@@H]1C[C@@H](C(=O)N[C@@H](CCCCN)C(=O)c2nc3ccccc3o2)N(C(=O)[C@@H](CCc2ccccc2)NC(=O)OCc2ccccc2)C1. The van der Waals surface area contributed by atoms with Crippen molar-refractivity contribution in [2.75, 3.05) is 27.2 Å². The third-order valence-corrected chi connectivity index (χ3v) is 8.93. The van der Waals surface area contributed by atoms with Gasteiger partial charge in [0.15, 0.2) is 5.58 Å². The molecule has 4 aromatic rings. The molecule has 280 valence electrons. The molecule has 2 heterocycles. The minimum absolute atomic E-state index is 0.0107. The second kappa shape index (κ2) is 18.6. The number of likely N-dealkylation sites (tertiary alicyclic amines) is 1. The number of nitrogens with two attached hydrogens (primary N) is 1. The lowest BCUT2D eigenvalue weighted by molar-refractivity contribution is -0.140. The third-order valence-electron chi connectivity index (χ3n) is 8.93. The molecule has 4 N–H and O–H groups in total. The van der Waals surface area contributed by atoms with E-state index in [4.69, 9.17) is 19.6 Å². The maximum Gasteiger partial charge on any atom is 0.409 e. The molecule has 14 nitrogen and oxygen atoms in total. The number of hydrogen-bond donors (Lipinski definition) is 3. The number of para-hydroxylation sites is 2. The topological polar surface area (TPSA) is 186 Å². The van der Waals surface area contributed by atoms with Gasteiger partial charge in [0, 0.05) is 20.5 Å². The molecular formula is C39H46N6O8. The van der Waals surface area contributed by atoms with Crippen molar-refractivity contribution in [3.63, 3.8) is 0 Å². The summed E-state index contributed by atoms with van der Waals surface area (Å²) in [6.07, 6.45) is -0.317. The van der Waals surface area contributed by atoms with Crippen LogP contribution in [0, 0.1) is 0 Å². The van der Waals surface area contributed by atoms with E-state index in [9.17, 15) is 24.0 Å². The van der Waals surface area contributed by atoms with E-state index in [-0.39, 0.29) is 38.3 Å². The Bertz CT molecular complexity index is 1820. The summed E-state index contributed by atoms with van der Waals surface area (Å²) >= 11 is 0. The number of aryl methyl sites for hydroxylation is 1. The van der Waals surface area contributed by atoms with E-state index in [2.05, 4.69) is 15.6 Å². The number of fused-ring (bicyclic) bond motifs is 1. The van der Waals surface area contributed by atoms with Crippen molar-refractivity contribution < 1.29 is 37.9 Å². The monoisotopic (exact) mass is 726 g/mol. The molecule has 5 rings (SSSR count). The number of nitrogens with one attached hydrogen (secondary N) is 2. The molecule has 0 unspecified atom stereocenters. The number of ether oxygens (including phenoxy) is 2. The molecule has 1 saturated heterocycles. The molecule has 53 heavy (non-hydrogen) atoms. The van der Waals surface area contributed by atoms with E-state index in [0.29, 0.717) is 36.9 Å². The second-order valence-electron chi connectivity index (χ2n) is 13.1. The quantitative estimate of drug-likeness (QED) is 0.112. The third kappa shape index (κ3) is 10.6. The zero-order valence-corrected chi connectivity index (χ0v) is 29.9. The Morgan fingerprint density at radius 2 is 1.57 bits per heavy atom. The van der Waals surface area contributed by atoms with Gasteiger partial charge in [-0.3, -0.25) is 14.4 Å².